The van der Waals surface area contributed by atoms with E-state index in [1.54, 1.807) is 10.9 Å². The lowest BCUT2D eigenvalue weighted by atomic mass is 10.2. The number of pyridine rings is 1. The zero-order valence-electron chi connectivity index (χ0n) is 12.6. The fourth-order valence-electron chi connectivity index (χ4n) is 2.68. The molecule has 0 saturated carbocycles. The van der Waals surface area contributed by atoms with Gasteiger partial charge in [-0.05, 0) is 32.4 Å². The van der Waals surface area contributed by atoms with Crippen LogP contribution in [0.25, 0.3) is 11.0 Å². The highest BCUT2D eigenvalue weighted by Gasteiger charge is 2.16. The van der Waals surface area contributed by atoms with Crippen LogP contribution in [0.15, 0.2) is 12.3 Å². The van der Waals surface area contributed by atoms with Crippen molar-refractivity contribution in [3.63, 3.8) is 0 Å². The molecule has 1 aliphatic rings. The van der Waals surface area contributed by atoms with Crippen molar-refractivity contribution in [2.75, 3.05) is 13.1 Å². The van der Waals surface area contributed by atoms with Gasteiger partial charge in [0, 0.05) is 31.2 Å². The van der Waals surface area contributed by atoms with Crippen LogP contribution in [-0.2, 0) is 7.05 Å². The molecule has 1 unspecified atom stereocenters. The maximum absolute atomic E-state index is 12.2. The Hall–Kier alpha value is -1.37. The molecule has 1 saturated heterocycles. The highest BCUT2D eigenvalue weighted by molar-refractivity contribution is 5.97. The van der Waals surface area contributed by atoms with Gasteiger partial charge in [0.15, 0.2) is 5.65 Å². The number of rotatable bonds is 3. The summed E-state index contributed by atoms with van der Waals surface area (Å²) in [7, 11) is 1.86. The Balaban J connectivity index is 0.00000121. The number of nitrogens with one attached hydrogen (secondary N) is 2. The molecule has 8 heteroatoms. The lowest BCUT2D eigenvalue weighted by molar-refractivity contribution is 0.0950. The lowest BCUT2D eigenvalue weighted by Crippen LogP contribution is -2.37. The van der Waals surface area contributed by atoms with Gasteiger partial charge in [0.25, 0.3) is 5.91 Å². The van der Waals surface area contributed by atoms with Crippen molar-refractivity contribution in [3.05, 3.63) is 23.5 Å². The van der Waals surface area contributed by atoms with E-state index in [4.69, 9.17) is 0 Å². The number of aromatic nitrogens is 3. The van der Waals surface area contributed by atoms with Gasteiger partial charge >= 0.3 is 0 Å². The fraction of sp³-hybridized carbons (Fsp3) is 0.500. The van der Waals surface area contributed by atoms with Crippen LogP contribution in [0, 0.1) is 6.92 Å². The molecule has 3 heterocycles. The Morgan fingerprint density at radius 3 is 2.95 bits per heavy atom. The second-order valence-electron chi connectivity index (χ2n) is 5.31. The first-order chi connectivity index (χ1) is 9.65. The number of hydrogen-bond donors (Lipinski definition) is 2. The highest BCUT2D eigenvalue weighted by Crippen LogP contribution is 2.16. The Morgan fingerprint density at radius 1 is 1.50 bits per heavy atom. The predicted molar refractivity (Wildman–Crippen MR) is 91.1 cm³/mol. The van der Waals surface area contributed by atoms with Gasteiger partial charge in [0.1, 0.15) is 0 Å². The number of carbonyl (C=O) groups excluding carboxylic acids is 1. The van der Waals surface area contributed by atoms with Crippen LogP contribution in [-0.4, -0.2) is 39.8 Å². The Morgan fingerprint density at radius 2 is 2.27 bits per heavy atom. The van der Waals surface area contributed by atoms with Gasteiger partial charge in [-0.3, -0.25) is 9.48 Å². The third-order valence-electron chi connectivity index (χ3n) is 3.80. The van der Waals surface area contributed by atoms with Gasteiger partial charge in [-0.2, -0.15) is 5.10 Å². The number of amides is 1. The van der Waals surface area contributed by atoms with Crippen LogP contribution in [0.4, 0.5) is 0 Å². The van der Waals surface area contributed by atoms with Crippen LogP contribution in [0.3, 0.4) is 0 Å². The summed E-state index contributed by atoms with van der Waals surface area (Å²) in [4.78, 5) is 16.5. The Bertz CT molecular complexity index is 652. The van der Waals surface area contributed by atoms with Gasteiger partial charge in [-0.25, -0.2) is 4.98 Å². The molecule has 3 rings (SSSR count). The monoisotopic (exact) mass is 345 g/mol. The minimum Gasteiger partial charge on any atom is -0.350 e. The topological polar surface area (TPSA) is 71.8 Å². The number of halogens is 2. The molecule has 1 amide bonds. The van der Waals surface area contributed by atoms with E-state index in [1.165, 1.54) is 6.42 Å². The molecule has 22 heavy (non-hydrogen) atoms. The third-order valence-corrected chi connectivity index (χ3v) is 3.80. The molecular weight excluding hydrogens is 325 g/mol. The molecule has 2 aromatic rings. The van der Waals surface area contributed by atoms with E-state index in [0.29, 0.717) is 18.2 Å². The summed E-state index contributed by atoms with van der Waals surface area (Å²) in [6.45, 7) is 3.64. The van der Waals surface area contributed by atoms with Crippen molar-refractivity contribution in [1.82, 2.24) is 25.4 Å². The normalized spacial score (nSPS) is 16.9. The maximum atomic E-state index is 12.2. The first-order valence-electron chi connectivity index (χ1n) is 6.96. The minimum absolute atomic E-state index is 0. The molecule has 0 bridgehead atoms. The SMILES string of the molecule is Cc1nn(C)c2ncc(C(=O)NCC3CCCN3)cc12.Cl.Cl. The summed E-state index contributed by atoms with van der Waals surface area (Å²) in [6.07, 6.45) is 3.92. The first-order valence-corrected chi connectivity index (χ1v) is 6.96. The van der Waals surface area contributed by atoms with Crippen molar-refractivity contribution in [2.24, 2.45) is 7.05 Å². The minimum atomic E-state index is -0.0728. The zero-order valence-corrected chi connectivity index (χ0v) is 14.3. The van der Waals surface area contributed by atoms with E-state index >= 15 is 0 Å². The summed E-state index contributed by atoms with van der Waals surface area (Å²) in [5.41, 5.74) is 2.28. The lowest BCUT2D eigenvalue weighted by Gasteiger charge is -2.11. The molecule has 6 nitrogen and oxygen atoms in total. The fourth-order valence-corrected chi connectivity index (χ4v) is 2.68. The molecule has 0 aromatic carbocycles. The van der Waals surface area contributed by atoms with E-state index in [-0.39, 0.29) is 30.7 Å². The molecule has 0 spiro atoms. The van der Waals surface area contributed by atoms with Gasteiger partial charge < -0.3 is 10.6 Å². The summed E-state index contributed by atoms with van der Waals surface area (Å²) >= 11 is 0. The maximum Gasteiger partial charge on any atom is 0.252 e. The second kappa shape index (κ2) is 7.76. The van der Waals surface area contributed by atoms with Crippen LogP contribution in [0.1, 0.15) is 28.9 Å². The number of fused-ring (bicyclic) bond motifs is 1. The quantitative estimate of drug-likeness (QED) is 0.886. The molecule has 0 aliphatic carbocycles. The Kier molecular flexibility index (Phi) is 6.59. The summed E-state index contributed by atoms with van der Waals surface area (Å²) in [5, 5.41) is 11.6. The van der Waals surface area contributed by atoms with Gasteiger partial charge in [0.2, 0.25) is 0 Å². The smallest absolute Gasteiger partial charge is 0.252 e. The van der Waals surface area contributed by atoms with Gasteiger partial charge in [-0.1, -0.05) is 0 Å². The van der Waals surface area contributed by atoms with Crippen LogP contribution in [0.5, 0.6) is 0 Å². The zero-order chi connectivity index (χ0) is 14.1. The van der Waals surface area contributed by atoms with E-state index in [2.05, 4.69) is 20.7 Å². The number of carbonyl (C=O) groups is 1. The Labute approximate surface area is 141 Å². The van der Waals surface area contributed by atoms with Crippen LogP contribution in [0.2, 0.25) is 0 Å². The molecule has 1 atom stereocenters. The van der Waals surface area contributed by atoms with E-state index < -0.39 is 0 Å². The number of hydrogen-bond acceptors (Lipinski definition) is 4. The van der Waals surface area contributed by atoms with E-state index in [9.17, 15) is 4.79 Å². The van der Waals surface area contributed by atoms with Gasteiger partial charge in [0.05, 0.1) is 11.3 Å². The average molecular weight is 346 g/mol. The largest absolute Gasteiger partial charge is 0.350 e. The molecule has 2 N–H and O–H groups in total. The average Bonchev–Trinajstić information content (AvgIpc) is 3.05. The van der Waals surface area contributed by atoms with Crippen molar-refractivity contribution in [2.45, 2.75) is 25.8 Å². The van der Waals surface area contributed by atoms with Crippen molar-refractivity contribution in [3.8, 4) is 0 Å². The standard InChI is InChI=1S/C14H19N5O.2ClH/c1-9-12-6-10(7-16-13(12)19(2)18-9)14(20)17-8-11-4-3-5-15-11;;/h6-7,11,15H,3-5,8H2,1-2H3,(H,17,20);2*1H. The first kappa shape index (κ1) is 18.7. The van der Waals surface area contributed by atoms with E-state index in [1.807, 2.05) is 20.0 Å². The number of nitrogens with zero attached hydrogens (tertiary/aromatic N) is 3. The third kappa shape index (κ3) is 3.69. The van der Waals surface area contributed by atoms with Crippen LogP contribution < -0.4 is 10.6 Å². The van der Waals surface area contributed by atoms with Crippen molar-refractivity contribution >= 4 is 41.8 Å². The molecule has 1 fully saturated rings. The van der Waals surface area contributed by atoms with Crippen molar-refractivity contribution in [1.29, 1.82) is 0 Å². The molecule has 0 radical (unpaired) electrons. The van der Waals surface area contributed by atoms with E-state index in [0.717, 1.165) is 29.7 Å². The summed E-state index contributed by atoms with van der Waals surface area (Å²) in [6, 6.07) is 2.26. The van der Waals surface area contributed by atoms with Gasteiger partial charge in [-0.15, -0.1) is 24.8 Å². The number of aryl methyl sites for hydroxylation is 2. The summed E-state index contributed by atoms with van der Waals surface area (Å²) in [5.74, 6) is -0.0728. The predicted octanol–water partition coefficient (Wildman–Crippen LogP) is 1.60. The molecule has 2 aromatic heterocycles. The highest BCUT2D eigenvalue weighted by atomic mass is 35.5. The van der Waals surface area contributed by atoms with Crippen molar-refractivity contribution < 1.29 is 4.79 Å². The molecule has 1 aliphatic heterocycles. The second-order valence-corrected chi connectivity index (χ2v) is 5.31. The van der Waals surface area contributed by atoms with Crippen LogP contribution >= 0.6 is 24.8 Å². The molecular formula is C14H21Cl2N5O. The molecule has 122 valence electrons. The summed E-state index contributed by atoms with van der Waals surface area (Å²) < 4.78 is 1.73.